The molecule has 2 aromatic rings. The fourth-order valence-electron chi connectivity index (χ4n) is 1.59. The molecule has 0 spiro atoms. The van der Waals surface area contributed by atoms with E-state index in [9.17, 15) is 0 Å². The van der Waals surface area contributed by atoms with E-state index in [1.165, 1.54) is 4.88 Å². The summed E-state index contributed by atoms with van der Waals surface area (Å²) in [5, 5.41) is 0.262. The Labute approximate surface area is 124 Å². The highest BCUT2D eigenvalue weighted by molar-refractivity contribution is 9.11. The first-order valence-corrected chi connectivity index (χ1v) is 7.98. The minimum atomic E-state index is 0.262. The predicted octanol–water partition coefficient (Wildman–Crippen LogP) is 4.31. The van der Waals surface area contributed by atoms with Crippen LogP contribution in [0.25, 0.3) is 0 Å². The summed E-state index contributed by atoms with van der Waals surface area (Å²) in [6.07, 6.45) is 0. The van der Waals surface area contributed by atoms with Crippen LogP contribution < -0.4 is 10.5 Å². The molecule has 0 saturated carbocycles. The highest BCUT2D eigenvalue weighted by atomic mass is 79.9. The molecule has 0 radical (unpaired) electrons. The molecular weight excluding hydrogens is 330 g/mol. The van der Waals surface area contributed by atoms with Gasteiger partial charge in [-0.25, -0.2) is 0 Å². The van der Waals surface area contributed by atoms with Gasteiger partial charge >= 0.3 is 0 Å². The van der Waals surface area contributed by atoms with Crippen LogP contribution >= 0.6 is 39.0 Å². The number of benzene rings is 1. The van der Waals surface area contributed by atoms with Crippen molar-refractivity contribution in [2.24, 2.45) is 5.73 Å². The Hall–Kier alpha value is -0.490. The summed E-state index contributed by atoms with van der Waals surface area (Å²) >= 11 is 6.96. The third kappa shape index (κ3) is 3.29. The van der Waals surface area contributed by atoms with Gasteiger partial charge in [0.1, 0.15) is 5.75 Å². The van der Waals surface area contributed by atoms with E-state index in [2.05, 4.69) is 34.1 Å². The number of halogens is 1. The van der Waals surface area contributed by atoms with Crippen molar-refractivity contribution in [1.29, 1.82) is 0 Å². The normalized spacial score (nSPS) is 12.4. The van der Waals surface area contributed by atoms with Crippen molar-refractivity contribution in [2.75, 3.05) is 13.7 Å². The number of thiophene rings is 1. The molecule has 2 nitrogen and oxygen atoms in total. The van der Waals surface area contributed by atoms with Crippen LogP contribution in [-0.4, -0.2) is 13.7 Å². The Morgan fingerprint density at radius 2 is 2.11 bits per heavy atom. The molecule has 1 unspecified atom stereocenters. The van der Waals surface area contributed by atoms with Crippen molar-refractivity contribution in [3.63, 3.8) is 0 Å². The van der Waals surface area contributed by atoms with E-state index in [1.54, 1.807) is 30.2 Å². The molecule has 18 heavy (non-hydrogen) atoms. The number of thioether (sulfide) groups is 1. The van der Waals surface area contributed by atoms with E-state index < -0.39 is 0 Å². The quantitative estimate of drug-likeness (QED) is 0.821. The molecule has 1 atom stereocenters. The third-order valence-corrected chi connectivity index (χ3v) is 5.67. The summed E-state index contributed by atoms with van der Waals surface area (Å²) < 4.78 is 6.50. The summed E-state index contributed by atoms with van der Waals surface area (Å²) in [6, 6.07) is 12.2. The molecular formula is C13H14BrNOS2. The SMILES string of the molecule is COc1ccccc1SC(CN)c1ccc(Br)s1. The zero-order valence-electron chi connectivity index (χ0n) is 9.93. The van der Waals surface area contributed by atoms with Crippen LogP contribution in [0.1, 0.15) is 10.1 Å². The van der Waals surface area contributed by atoms with Gasteiger partial charge in [0.25, 0.3) is 0 Å². The van der Waals surface area contributed by atoms with Crippen LogP contribution in [0.2, 0.25) is 0 Å². The van der Waals surface area contributed by atoms with E-state index >= 15 is 0 Å². The Morgan fingerprint density at radius 1 is 1.33 bits per heavy atom. The number of rotatable bonds is 5. The van der Waals surface area contributed by atoms with Crippen LogP contribution in [-0.2, 0) is 0 Å². The molecule has 0 amide bonds. The van der Waals surface area contributed by atoms with Crippen LogP contribution in [0.4, 0.5) is 0 Å². The van der Waals surface area contributed by atoms with Gasteiger partial charge in [0.05, 0.1) is 21.0 Å². The Bertz CT molecular complexity index is 515. The summed E-state index contributed by atoms with van der Waals surface area (Å²) in [6.45, 7) is 0.607. The Kier molecular flexibility index (Phi) is 5.12. The van der Waals surface area contributed by atoms with E-state index in [0.29, 0.717) is 6.54 Å². The molecule has 0 aliphatic carbocycles. The Morgan fingerprint density at radius 3 is 2.72 bits per heavy atom. The minimum absolute atomic E-state index is 0.262. The fraction of sp³-hybridized carbons (Fsp3) is 0.231. The molecule has 2 N–H and O–H groups in total. The van der Waals surface area contributed by atoms with Crippen molar-refractivity contribution in [2.45, 2.75) is 10.1 Å². The van der Waals surface area contributed by atoms with Gasteiger partial charge in [-0.15, -0.1) is 23.1 Å². The van der Waals surface area contributed by atoms with Gasteiger partial charge < -0.3 is 10.5 Å². The molecule has 96 valence electrons. The van der Waals surface area contributed by atoms with Crippen molar-refractivity contribution in [1.82, 2.24) is 0 Å². The van der Waals surface area contributed by atoms with E-state index in [0.717, 1.165) is 14.4 Å². The second-order valence-electron chi connectivity index (χ2n) is 3.63. The maximum Gasteiger partial charge on any atom is 0.132 e. The molecule has 0 aliphatic rings. The molecule has 1 heterocycles. The average Bonchev–Trinajstić information content (AvgIpc) is 2.83. The highest BCUT2D eigenvalue weighted by Gasteiger charge is 2.15. The van der Waals surface area contributed by atoms with Crippen molar-refractivity contribution in [3.05, 3.63) is 45.1 Å². The maximum absolute atomic E-state index is 5.88. The van der Waals surface area contributed by atoms with Crippen LogP contribution in [0.3, 0.4) is 0 Å². The number of methoxy groups -OCH3 is 1. The van der Waals surface area contributed by atoms with Gasteiger partial charge in [-0.3, -0.25) is 0 Å². The van der Waals surface area contributed by atoms with E-state index in [-0.39, 0.29) is 5.25 Å². The molecule has 0 saturated heterocycles. The molecule has 0 fully saturated rings. The lowest BCUT2D eigenvalue weighted by Gasteiger charge is -2.14. The van der Waals surface area contributed by atoms with Gasteiger partial charge in [-0.2, -0.15) is 0 Å². The minimum Gasteiger partial charge on any atom is -0.496 e. The summed E-state index contributed by atoms with van der Waals surface area (Å²) in [5.74, 6) is 0.900. The number of hydrogen-bond acceptors (Lipinski definition) is 4. The molecule has 1 aromatic carbocycles. The zero-order valence-corrected chi connectivity index (χ0v) is 13.1. The van der Waals surface area contributed by atoms with Gasteiger partial charge in [0.15, 0.2) is 0 Å². The largest absolute Gasteiger partial charge is 0.496 e. The zero-order chi connectivity index (χ0) is 13.0. The highest BCUT2D eigenvalue weighted by Crippen LogP contribution is 2.42. The van der Waals surface area contributed by atoms with Gasteiger partial charge in [0, 0.05) is 11.4 Å². The number of para-hydroxylation sites is 1. The lowest BCUT2D eigenvalue weighted by atomic mass is 10.3. The summed E-state index contributed by atoms with van der Waals surface area (Å²) in [7, 11) is 1.69. The van der Waals surface area contributed by atoms with Crippen LogP contribution in [0.5, 0.6) is 5.75 Å². The number of hydrogen-bond donors (Lipinski definition) is 1. The predicted molar refractivity (Wildman–Crippen MR) is 82.7 cm³/mol. The lowest BCUT2D eigenvalue weighted by molar-refractivity contribution is 0.405. The smallest absolute Gasteiger partial charge is 0.132 e. The summed E-state index contributed by atoms with van der Waals surface area (Å²) in [4.78, 5) is 2.40. The standard InChI is InChI=1S/C13H14BrNOS2/c1-16-9-4-2-3-5-10(9)17-12(8-15)11-6-7-13(14)18-11/h2-7,12H,8,15H2,1H3. The van der Waals surface area contributed by atoms with E-state index in [4.69, 9.17) is 10.5 Å². The molecule has 1 aromatic heterocycles. The monoisotopic (exact) mass is 343 g/mol. The first-order valence-electron chi connectivity index (χ1n) is 5.49. The topological polar surface area (TPSA) is 35.2 Å². The molecule has 5 heteroatoms. The van der Waals surface area contributed by atoms with Gasteiger partial charge in [0.2, 0.25) is 0 Å². The van der Waals surface area contributed by atoms with Crippen molar-refractivity contribution < 1.29 is 4.74 Å². The van der Waals surface area contributed by atoms with Crippen molar-refractivity contribution >= 4 is 39.0 Å². The summed E-state index contributed by atoms with van der Waals surface area (Å²) in [5.41, 5.74) is 5.88. The van der Waals surface area contributed by atoms with E-state index in [1.807, 2.05) is 18.2 Å². The second kappa shape index (κ2) is 6.61. The fourth-order valence-corrected chi connectivity index (χ4v) is 4.32. The number of ether oxygens (including phenoxy) is 1. The lowest BCUT2D eigenvalue weighted by Crippen LogP contribution is -2.08. The third-order valence-electron chi connectivity index (χ3n) is 2.46. The first-order chi connectivity index (χ1) is 8.74. The Balaban J connectivity index is 2.20. The average molecular weight is 344 g/mol. The van der Waals surface area contributed by atoms with Gasteiger partial charge in [-0.1, -0.05) is 12.1 Å². The molecule has 0 bridgehead atoms. The first kappa shape index (κ1) is 13.9. The molecule has 2 rings (SSSR count). The molecule has 0 aliphatic heterocycles. The van der Waals surface area contributed by atoms with Crippen LogP contribution in [0.15, 0.2) is 45.1 Å². The maximum atomic E-state index is 5.88. The van der Waals surface area contributed by atoms with Gasteiger partial charge in [-0.05, 0) is 40.2 Å². The van der Waals surface area contributed by atoms with Crippen LogP contribution in [0, 0.1) is 0 Å². The second-order valence-corrected chi connectivity index (χ2v) is 7.37. The van der Waals surface area contributed by atoms with Crippen molar-refractivity contribution in [3.8, 4) is 5.75 Å². The number of nitrogens with two attached hydrogens (primary N) is 1.